The lowest BCUT2D eigenvalue weighted by Crippen LogP contribution is -2.44. The molecule has 1 aliphatic carbocycles. The molecule has 100 valence electrons. The van der Waals surface area contributed by atoms with Gasteiger partial charge in [-0.2, -0.15) is 0 Å². The highest BCUT2D eigenvalue weighted by molar-refractivity contribution is 6.02. The van der Waals surface area contributed by atoms with Crippen LogP contribution in [0.25, 0.3) is 0 Å². The third-order valence-electron chi connectivity index (χ3n) is 3.70. The first kappa shape index (κ1) is 12.2. The fraction of sp³-hybridized carbons (Fsp3) is 0.467. The van der Waals surface area contributed by atoms with Crippen LogP contribution in [0.3, 0.4) is 0 Å². The molecule has 19 heavy (non-hydrogen) atoms. The molecule has 1 aromatic carbocycles. The summed E-state index contributed by atoms with van der Waals surface area (Å²) in [4.78, 5) is 25.9. The molecule has 1 saturated carbocycles. The van der Waals surface area contributed by atoms with Crippen LogP contribution in [0.1, 0.15) is 24.8 Å². The molecule has 0 radical (unpaired) electrons. The van der Waals surface area contributed by atoms with E-state index in [1.807, 2.05) is 31.2 Å². The van der Waals surface area contributed by atoms with E-state index in [0.717, 1.165) is 24.1 Å². The van der Waals surface area contributed by atoms with Crippen molar-refractivity contribution >= 4 is 17.6 Å². The van der Waals surface area contributed by atoms with Crippen LogP contribution in [-0.4, -0.2) is 24.5 Å². The highest BCUT2D eigenvalue weighted by Crippen LogP contribution is 2.35. The van der Waals surface area contributed by atoms with Crippen LogP contribution in [-0.2, 0) is 14.3 Å². The summed E-state index contributed by atoms with van der Waals surface area (Å²) in [5.74, 6) is -0.128. The summed E-state index contributed by atoms with van der Waals surface area (Å²) in [6, 6.07) is 7.28. The molecular formula is C15H17NO3. The minimum Gasteiger partial charge on any atom is -0.464 e. The topological polar surface area (TPSA) is 46.6 Å². The van der Waals surface area contributed by atoms with E-state index in [1.54, 1.807) is 4.90 Å². The number of carbonyl (C=O) groups is 2. The lowest BCUT2D eigenvalue weighted by Gasteiger charge is -2.26. The summed E-state index contributed by atoms with van der Waals surface area (Å²) in [6.45, 7) is 2.41. The van der Waals surface area contributed by atoms with E-state index in [-0.39, 0.29) is 17.8 Å². The zero-order valence-corrected chi connectivity index (χ0v) is 11.0. The first-order valence-electron chi connectivity index (χ1n) is 6.73. The summed E-state index contributed by atoms with van der Waals surface area (Å²) < 4.78 is 5.01. The van der Waals surface area contributed by atoms with E-state index in [9.17, 15) is 9.59 Å². The maximum atomic E-state index is 12.4. The third kappa shape index (κ3) is 2.35. The first-order valence-corrected chi connectivity index (χ1v) is 6.73. The maximum Gasteiger partial charge on any atom is 0.329 e. The molecule has 0 N–H and O–H groups in total. The van der Waals surface area contributed by atoms with Gasteiger partial charge in [0.25, 0.3) is 0 Å². The smallest absolute Gasteiger partial charge is 0.329 e. The van der Waals surface area contributed by atoms with Crippen LogP contribution in [0.4, 0.5) is 5.69 Å². The van der Waals surface area contributed by atoms with Crippen molar-refractivity contribution in [1.82, 2.24) is 0 Å². The molecule has 0 spiro atoms. The standard InChI is InChI=1S/C15H17NO3/c1-10-2-6-12(7-3-10)16(14(17)11-4-5-11)13-8-9-19-15(13)18/h2-3,6-7,11,13H,4-5,8-9H2,1H3. The number of hydrogen-bond acceptors (Lipinski definition) is 3. The lowest BCUT2D eigenvalue weighted by molar-refractivity contribution is -0.140. The third-order valence-corrected chi connectivity index (χ3v) is 3.70. The fourth-order valence-electron chi connectivity index (χ4n) is 2.41. The van der Waals surface area contributed by atoms with Gasteiger partial charge in [-0.1, -0.05) is 17.7 Å². The van der Waals surface area contributed by atoms with Gasteiger partial charge in [-0.05, 0) is 31.9 Å². The van der Waals surface area contributed by atoms with Gasteiger partial charge in [0.15, 0.2) is 0 Å². The number of aryl methyl sites for hydroxylation is 1. The van der Waals surface area contributed by atoms with E-state index < -0.39 is 6.04 Å². The number of anilines is 1. The molecule has 1 amide bonds. The number of esters is 1. The molecular weight excluding hydrogens is 242 g/mol. The molecule has 0 aromatic heterocycles. The highest BCUT2D eigenvalue weighted by atomic mass is 16.5. The Labute approximate surface area is 112 Å². The molecule has 2 aliphatic rings. The van der Waals surface area contributed by atoms with Gasteiger partial charge in [0.05, 0.1) is 6.61 Å². The van der Waals surface area contributed by atoms with Crippen molar-refractivity contribution in [3.63, 3.8) is 0 Å². The van der Waals surface area contributed by atoms with Crippen molar-refractivity contribution < 1.29 is 14.3 Å². The van der Waals surface area contributed by atoms with E-state index >= 15 is 0 Å². The van der Waals surface area contributed by atoms with Crippen LogP contribution in [0, 0.1) is 12.8 Å². The molecule has 4 heteroatoms. The Morgan fingerprint density at radius 3 is 2.42 bits per heavy atom. The largest absolute Gasteiger partial charge is 0.464 e. The van der Waals surface area contributed by atoms with Gasteiger partial charge in [0, 0.05) is 18.0 Å². The van der Waals surface area contributed by atoms with Crippen molar-refractivity contribution in [2.24, 2.45) is 5.92 Å². The minimum absolute atomic E-state index is 0.0627. The quantitative estimate of drug-likeness (QED) is 0.780. The van der Waals surface area contributed by atoms with Crippen LogP contribution >= 0.6 is 0 Å². The molecule has 3 rings (SSSR count). The molecule has 1 heterocycles. The van der Waals surface area contributed by atoms with E-state index in [4.69, 9.17) is 4.74 Å². The van der Waals surface area contributed by atoms with Crippen LogP contribution in [0.15, 0.2) is 24.3 Å². The molecule has 1 atom stereocenters. The first-order chi connectivity index (χ1) is 9.16. The van der Waals surface area contributed by atoms with Gasteiger partial charge in [-0.25, -0.2) is 4.79 Å². The van der Waals surface area contributed by atoms with Crippen molar-refractivity contribution in [3.8, 4) is 0 Å². The van der Waals surface area contributed by atoms with Gasteiger partial charge in [-0.15, -0.1) is 0 Å². The van der Waals surface area contributed by atoms with Crippen LogP contribution in [0.5, 0.6) is 0 Å². The molecule has 2 fully saturated rings. The van der Waals surface area contributed by atoms with Crippen molar-refractivity contribution in [3.05, 3.63) is 29.8 Å². The van der Waals surface area contributed by atoms with Crippen molar-refractivity contribution in [2.75, 3.05) is 11.5 Å². The number of nitrogens with zero attached hydrogens (tertiary/aromatic N) is 1. The Morgan fingerprint density at radius 2 is 1.89 bits per heavy atom. The Kier molecular flexibility index (Phi) is 3.01. The summed E-state index contributed by atoms with van der Waals surface area (Å²) in [5.41, 5.74) is 1.93. The predicted molar refractivity (Wildman–Crippen MR) is 70.8 cm³/mol. The van der Waals surface area contributed by atoms with Gasteiger partial charge in [0.2, 0.25) is 5.91 Å². The van der Waals surface area contributed by atoms with Gasteiger partial charge in [0.1, 0.15) is 6.04 Å². The lowest BCUT2D eigenvalue weighted by atomic mass is 10.1. The highest BCUT2D eigenvalue weighted by Gasteiger charge is 2.41. The summed E-state index contributed by atoms with van der Waals surface area (Å²) in [6.07, 6.45) is 2.46. The molecule has 0 bridgehead atoms. The number of hydrogen-bond donors (Lipinski definition) is 0. The number of cyclic esters (lactones) is 1. The van der Waals surface area contributed by atoms with Gasteiger partial charge in [-0.3, -0.25) is 9.69 Å². The number of carbonyl (C=O) groups excluding carboxylic acids is 2. The van der Waals surface area contributed by atoms with Crippen molar-refractivity contribution in [1.29, 1.82) is 0 Å². The Morgan fingerprint density at radius 1 is 1.21 bits per heavy atom. The summed E-state index contributed by atoms with van der Waals surface area (Å²) in [7, 11) is 0. The summed E-state index contributed by atoms with van der Waals surface area (Å²) >= 11 is 0. The van der Waals surface area contributed by atoms with Gasteiger partial charge >= 0.3 is 5.97 Å². The normalized spacial score (nSPS) is 22.2. The molecule has 1 unspecified atom stereocenters. The average molecular weight is 259 g/mol. The zero-order valence-electron chi connectivity index (χ0n) is 11.0. The summed E-state index contributed by atoms with van der Waals surface area (Å²) in [5, 5.41) is 0. The van der Waals surface area contributed by atoms with Gasteiger partial charge < -0.3 is 4.74 Å². The number of ether oxygens (including phenoxy) is 1. The van der Waals surface area contributed by atoms with E-state index in [2.05, 4.69) is 0 Å². The molecule has 1 aliphatic heterocycles. The van der Waals surface area contributed by atoms with Crippen molar-refractivity contribution in [2.45, 2.75) is 32.2 Å². The Balaban J connectivity index is 1.93. The fourth-order valence-corrected chi connectivity index (χ4v) is 2.41. The zero-order chi connectivity index (χ0) is 13.4. The predicted octanol–water partition coefficient (Wildman–Crippen LogP) is 2.05. The Hall–Kier alpha value is -1.84. The second-order valence-corrected chi connectivity index (χ2v) is 5.29. The molecule has 1 saturated heterocycles. The van der Waals surface area contributed by atoms with Crippen LogP contribution in [0.2, 0.25) is 0 Å². The number of amides is 1. The van der Waals surface area contributed by atoms with E-state index in [0.29, 0.717) is 13.0 Å². The van der Waals surface area contributed by atoms with E-state index in [1.165, 1.54) is 0 Å². The maximum absolute atomic E-state index is 12.4. The second-order valence-electron chi connectivity index (χ2n) is 5.29. The molecule has 1 aromatic rings. The Bertz CT molecular complexity index is 505. The second kappa shape index (κ2) is 4.68. The molecule has 4 nitrogen and oxygen atoms in total. The average Bonchev–Trinajstić information content (AvgIpc) is 3.17. The monoisotopic (exact) mass is 259 g/mol. The number of rotatable bonds is 3. The SMILES string of the molecule is Cc1ccc(N(C(=O)C2CC2)C2CCOC2=O)cc1. The number of benzene rings is 1. The van der Waals surface area contributed by atoms with Crippen LogP contribution < -0.4 is 4.90 Å². The minimum atomic E-state index is -0.448.